The fourth-order valence-corrected chi connectivity index (χ4v) is 6.83. The van der Waals surface area contributed by atoms with Crippen molar-refractivity contribution in [1.29, 1.82) is 0 Å². The zero-order valence-electron chi connectivity index (χ0n) is 17.5. The molecule has 0 saturated heterocycles. The Kier molecular flexibility index (Phi) is 6.48. The van der Waals surface area contributed by atoms with E-state index in [1.165, 1.54) is 35.1 Å². The first-order chi connectivity index (χ1) is 13.6. The monoisotopic (exact) mass is 436 g/mol. The number of carbonyl (C=O) groups is 1. The SMILES string of the molecule is COC(=O)c1c(S(=O)(=O)NC(C)C)sc2c1CCN(Cc1cc(C)ccc1C)C2. The molecule has 2 aromatic rings. The number of methoxy groups -OCH3 is 1. The van der Waals surface area contributed by atoms with Crippen molar-refractivity contribution >= 4 is 27.3 Å². The van der Waals surface area contributed by atoms with Crippen LogP contribution in [-0.2, 0) is 34.3 Å². The smallest absolute Gasteiger partial charge is 0.340 e. The molecule has 1 aliphatic rings. The summed E-state index contributed by atoms with van der Waals surface area (Å²) in [5.74, 6) is -0.588. The molecule has 0 unspecified atom stereocenters. The van der Waals surface area contributed by atoms with Crippen molar-refractivity contribution in [3.63, 3.8) is 0 Å². The Balaban J connectivity index is 1.94. The van der Waals surface area contributed by atoms with Gasteiger partial charge in [-0.15, -0.1) is 11.3 Å². The summed E-state index contributed by atoms with van der Waals surface area (Å²) in [6.45, 7) is 9.88. The van der Waals surface area contributed by atoms with E-state index in [1.807, 2.05) is 0 Å². The largest absolute Gasteiger partial charge is 0.465 e. The topological polar surface area (TPSA) is 75.7 Å². The van der Waals surface area contributed by atoms with Crippen molar-refractivity contribution in [2.75, 3.05) is 13.7 Å². The van der Waals surface area contributed by atoms with Crippen LogP contribution in [0.1, 0.15) is 51.3 Å². The van der Waals surface area contributed by atoms with Crippen LogP contribution in [0, 0.1) is 13.8 Å². The van der Waals surface area contributed by atoms with Crippen LogP contribution < -0.4 is 4.72 Å². The molecule has 8 heteroatoms. The number of ether oxygens (including phenoxy) is 1. The number of hydrogen-bond acceptors (Lipinski definition) is 6. The molecule has 3 rings (SSSR count). The third kappa shape index (κ3) is 4.71. The zero-order valence-corrected chi connectivity index (χ0v) is 19.2. The Labute approximate surface area is 176 Å². The fraction of sp³-hybridized carbons (Fsp3) is 0.476. The number of carbonyl (C=O) groups excluding carboxylic acids is 1. The minimum absolute atomic E-state index is 0.0663. The number of benzene rings is 1. The molecule has 0 atom stereocenters. The standard InChI is InChI=1S/C21H28N2O4S2/c1-13(2)22-29(25,26)21-19(20(24)27-5)17-8-9-23(12-18(17)28-21)11-16-10-14(3)6-7-15(16)4/h6-7,10,13,22H,8-9,11-12H2,1-5H3. The number of esters is 1. The zero-order chi connectivity index (χ0) is 21.3. The summed E-state index contributed by atoms with van der Waals surface area (Å²) in [6.07, 6.45) is 0.623. The third-order valence-electron chi connectivity index (χ3n) is 5.03. The molecular weight excluding hydrogens is 408 g/mol. The van der Waals surface area contributed by atoms with Crippen molar-refractivity contribution in [3.05, 3.63) is 50.9 Å². The second-order valence-corrected chi connectivity index (χ2v) is 10.8. The molecule has 0 bridgehead atoms. The molecule has 2 heterocycles. The van der Waals surface area contributed by atoms with E-state index in [4.69, 9.17) is 4.74 Å². The van der Waals surface area contributed by atoms with Crippen LogP contribution in [0.15, 0.2) is 22.4 Å². The maximum atomic E-state index is 12.8. The molecule has 29 heavy (non-hydrogen) atoms. The van der Waals surface area contributed by atoms with Crippen LogP contribution in [-0.4, -0.2) is 39.0 Å². The van der Waals surface area contributed by atoms with Crippen molar-refractivity contribution < 1.29 is 17.9 Å². The van der Waals surface area contributed by atoms with Gasteiger partial charge in [0, 0.05) is 30.6 Å². The molecular formula is C21H28N2O4S2. The lowest BCUT2D eigenvalue weighted by molar-refractivity contribution is 0.0595. The number of hydrogen-bond donors (Lipinski definition) is 1. The highest BCUT2D eigenvalue weighted by Crippen LogP contribution is 2.37. The predicted octanol–water partition coefficient (Wildman–Crippen LogP) is 3.40. The Bertz CT molecular complexity index is 1030. The minimum Gasteiger partial charge on any atom is -0.465 e. The Morgan fingerprint density at radius 2 is 2.03 bits per heavy atom. The van der Waals surface area contributed by atoms with Gasteiger partial charge in [0.1, 0.15) is 4.21 Å². The molecule has 0 aliphatic carbocycles. The van der Waals surface area contributed by atoms with Crippen LogP contribution in [0.25, 0.3) is 0 Å². The van der Waals surface area contributed by atoms with Crippen LogP contribution in [0.4, 0.5) is 0 Å². The summed E-state index contributed by atoms with van der Waals surface area (Å²) in [6, 6.07) is 6.17. The average molecular weight is 437 g/mol. The highest BCUT2D eigenvalue weighted by molar-refractivity contribution is 7.91. The van der Waals surface area contributed by atoms with Gasteiger partial charge in [0.05, 0.1) is 12.7 Å². The van der Waals surface area contributed by atoms with Gasteiger partial charge in [0.25, 0.3) is 10.0 Å². The van der Waals surface area contributed by atoms with E-state index < -0.39 is 16.0 Å². The lowest BCUT2D eigenvalue weighted by atomic mass is 10.0. The highest BCUT2D eigenvalue weighted by Gasteiger charge is 2.34. The second-order valence-electron chi connectivity index (χ2n) is 7.82. The molecule has 1 N–H and O–H groups in total. The molecule has 1 aromatic carbocycles. The van der Waals surface area contributed by atoms with Gasteiger partial charge < -0.3 is 4.74 Å². The molecule has 158 valence electrons. The second kappa shape index (κ2) is 8.55. The maximum Gasteiger partial charge on any atom is 0.340 e. The quantitative estimate of drug-likeness (QED) is 0.703. The maximum absolute atomic E-state index is 12.8. The van der Waals surface area contributed by atoms with Crippen molar-refractivity contribution in [1.82, 2.24) is 9.62 Å². The third-order valence-corrected chi connectivity index (χ3v) is 8.42. The van der Waals surface area contributed by atoms with Gasteiger partial charge in [0.15, 0.2) is 0 Å². The van der Waals surface area contributed by atoms with Crippen molar-refractivity contribution in [2.24, 2.45) is 0 Å². The van der Waals surface area contributed by atoms with Gasteiger partial charge in [-0.2, -0.15) is 0 Å². The molecule has 0 radical (unpaired) electrons. The Morgan fingerprint density at radius 1 is 1.31 bits per heavy atom. The first kappa shape index (κ1) is 22.0. The van der Waals surface area contributed by atoms with Gasteiger partial charge >= 0.3 is 5.97 Å². The van der Waals surface area contributed by atoms with E-state index in [0.717, 1.165) is 23.5 Å². The summed E-state index contributed by atoms with van der Waals surface area (Å²) in [7, 11) is -2.49. The molecule has 1 aromatic heterocycles. The van der Waals surface area contributed by atoms with E-state index in [-0.39, 0.29) is 15.8 Å². The summed E-state index contributed by atoms with van der Waals surface area (Å²) >= 11 is 1.18. The van der Waals surface area contributed by atoms with E-state index in [2.05, 4.69) is 41.7 Å². The van der Waals surface area contributed by atoms with Gasteiger partial charge in [-0.05, 0) is 50.8 Å². The van der Waals surface area contributed by atoms with Crippen molar-refractivity contribution in [2.45, 2.75) is 57.5 Å². The number of fused-ring (bicyclic) bond motifs is 1. The van der Waals surface area contributed by atoms with Gasteiger partial charge in [0.2, 0.25) is 0 Å². The van der Waals surface area contributed by atoms with E-state index in [9.17, 15) is 13.2 Å². The van der Waals surface area contributed by atoms with Gasteiger partial charge in [-0.3, -0.25) is 4.90 Å². The Hall–Kier alpha value is -1.74. The molecule has 1 aliphatic heterocycles. The van der Waals surface area contributed by atoms with Crippen LogP contribution in [0.3, 0.4) is 0 Å². The summed E-state index contributed by atoms with van der Waals surface area (Å²) < 4.78 is 33.2. The lowest BCUT2D eigenvalue weighted by Crippen LogP contribution is -2.31. The highest BCUT2D eigenvalue weighted by atomic mass is 32.2. The van der Waals surface area contributed by atoms with Crippen LogP contribution in [0.5, 0.6) is 0 Å². The van der Waals surface area contributed by atoms with Crippen LogP contribution >= 0.6 is 11.3 Å². The van der Waals surface area contributed by atoms with Gasteiger partial charge in [-0.25, -0.2) is 17.9 Å². The fourth-order valence-electron chi connectivity index (χ4n) is 3.64. The molecule has 0 amide bonds. The number of sulfonamides is 1. The Morgan fingerprint density at radius 3 is 2.69 bits per heavy atom. The number of aryl methyl sites for hydroxylation is 2. The predicted molar refractivity (Wildman–Crippen MR) is 115 cm³/mol. The van der Waals surface area contributed by atoms with Crippen LogP contribution in [0.2, 0.25) is 0 Å². The lowest BCUT2D eigenvalue weighted by Gasteiger charge is -2.27. The van der Waals surface area contributed by atoms with E-state index in [0.29, 0.717) is 13.0 Å². The first-order valence-corrected chi connectivity index (χ1v) is 12.0. The average Bonchev–Trinajstić information content (AvgIpc) is 3.03. The number of thiophene rings is 1. The normalized spacial score (nSPS) is 14.8. The number of nitrogens with one attached hydrogen (secondary N) is 1. The van der Waals surface area contributed by atoms with Crippen molar-refractivity contribution in [3.8, 4) is 0 Å². The molecule has 0 spiro atoms. The summed E-state index contributed by atoms with van der Waals surface area (Å²) in [5.41, 5.74) is 4.75. The first-order valence-electron chi connectivity index (χ1n) is 9.66. The molecule has 0 fully saturated rings. The number of rotatable bonds is 6. The summed E-state index contributed by atoms with van der Waals surface area (Å²) in [4.78, 5) is 15.7. The number of nitrogens with zero attached hydrogens (tertiary/aromatic N) is 1. The molecule has 0 saturated carbocycles. The van der Waals surface area contributed by atoms with E-state index >= 15 is 0 Å². The molecule has 6 nitrogen and oxygen atoms in total. The minimum atomic E-state index is -3.78. The van der Waals surface area contributed by atoms with E-state index in [1.54, 1.807) is 13.8 Å². The summed E-state index contributed by atoms with van der Waals surface area (Å²) in [5, 5.41) is 0. The van der Waals surface area contributed by atoms with Gasteiger partial charge in [-0.1, -0.05) is 23.8 Å².